The van der Waals surface area contributed by atoms with Gasteiger partial charge >= 0.3 is 0 Å². The van der Waals surface area contributed by atoms with Crippen LogP contribution in [-0.2, 0) is 20.9 Å². The molecule has 2 aliphatic rings. The number of hydrogen-bond acceptors (Lipinski definition) is 7. The van der Waals surface area contributed by atoms with E-state index in [2.05, 4.69) is 20.6 Å². The van der Waals surface area contributed by atoms with Gasteiger partial charge in [-0.15, -0.1) is 11.3 Å². The molecule has 0 radical (unpaired) electrons. The van der Waals surface area contributed by atoms with Crippen molar-refractivity contribution in [3.05, 3.63) is 81.5 Å². The summed E-state index contributed by atoms with van der Waals surface area (Å²) < 4.78 is 0. The van der Waals surface area contributed by atoms with Crippen molar-refractivity contribution in [3.63, 3.8) is 0 Å². The minimum Gasteiger partial charge on any atom is -0.351 e. The fraction of sp³-hybridized carbons (Fsp3) is 0.160. The molecule has 0 saturated heterocycles. The van der Waals surface area contributed by atoms with Gasteiger partial charge in [-0.1, -0.05) is 47.6 Å². The van der Waals surface area contributed by atoms with Gasteiger partial charge in [-0.05, 0) is 41.8 Å². The van der Waals surface area contributed by atoms with E-state index < -0.39 is 6.04 Å². The average Bonchev–Trinajstić information content (AvgIpc) is 3.50. The van der Waals surface area contributed by atoms with Crippen molar-refractivity contribution in [1.82, 2.24) is 10.2 Å². The van der Waals surface area contributed by atoms with Gasteiger partial charge in [0.1, 0.15) is 11.9 Å². The molecule has 36 heavy (non-hydrogen) atoms. The maximum atomic E-state index is 13.3. The number of anilines is 1. The second-order valence-electron chi connectivity index (χ2n) is 7.96. The molecular formula is C25H20ClN5O3S2. The molecule has 182 valence electrons. The average molecular weight is 538 g/mol. The predicted molar refractivity (Wildman–Crippen MR) is 144 cm³/mol. The van der Waals surface area contributed by atoms with E-state index in [4.69, 9.17) is 11.6 Å². The van der Waals surface area contributed by atoms with Gasteiger partial charge in [0.15, 0.2) is 5.17 Å². The van der Waals surface area contributed by atoms with E-state index in [1.165, 1.54) is 4.90 Å². The van der Waals surface area contributed by atoms with Crippen LogP contribution in [0.4, 0.5) is 11.4 Å². The maximum Gasteiger partial charge on any atom is 0.259 e. The number of halogens is 1. The molecule has 5 rings (SSSR count). The van der Waals surface area contributed by atoms with E-state index in [0.29, 0.717) is 39.5 Å². The van der Waals surface area contributed by atoms with E-state index in [-0.39, 0.29) is 29.9 Å². The van der Waals surface area contributed by atoms with Gasteiger partial charge in [-0.25, -0.2) is 9.89 Å². The summed E-state index contributed by atoms with van der Waals surface area (Å²) in [6.07, 6.45) is -0.0699. The molecule has 0 spiro atoms. The highest BCUT2D eigenvalue weighted by atomic mass is 35.5. The standard InChI is InChI=1S/C25H20ClN5O3S2/c26-15-5-3-6-16(11-15)28-22(33)14-36-25-30-19-9-2-1-8-18(19)23-29-20(24(34)31(23)25)12-21(32)27-13-17-7-4-10-35-17/h1-11,20H,12-14H2,(H,27,32)(H,28,33)/t20-/m0/s1. The van der Waals surface area contributed by atoms with Crippen molar-refractivity contribution in [2.24, 2.45) is 9.98 Å². The lowest BCUT2D eigenvalue weighted by molar-refractivity contribution is -0.128. The molecule has 1 atom stereocenters. The predicted octanol–water partition coefficient (Wildman–Crippen LogP) is 4.44. The summed E-state index contributed by atoms with van der Waals surface area (Å²) in [7, 11) is 0. The van der Waals surface area contributed by atoms with Gasteiger partial charge in [-0.3, -0.25) is 19.4 Å². The Hall–Kier alpha value is -3.47. The first-order valence-corrected chi connectivity index (χ1v) is 13.3. The normalized spacial score (nSPS) is 16.1. The SMILES string of the molecule is O=C(C[C@@H]1N=C2c3ccccc3N=C(SCC(=O)Nc3cccc(Cl)c3)N2C1=O)NCc1cccs1. The van der Waals surface area contributed by atoms with Gasteiger partial charge in [0.2, 0.25) is 11.8 Å². The van der Waals surface area contributed by atoms with Crippen molar-refractivity contribution in [2.75, 3.05) is 11.1 Å². The molecule has 8 nitrogen and oxygen atoms in total. The Morgan fingerprint density at radius 1 is 1.08 bits per heavy atom. The zero-order valence-corrected chi connectivity index (χ0v) is 21.2. The van der Waals surface area contributed by atoms with E-state index >= 15 is 0 Å². The molecule has 0 unspecified atom stereocenters. The highest BCUT2D eigenvalue weighted by Crippen LogP contribution is 2.34. The molecular weight excluding hydrogens is 518 g/mol. The zero-order chi connectivity index (χ0) is 25.1. The quantitative estimate of drug-likeness (QED) is 0.465. The molecule has 2 aromatic carbocycles. The number of hydrogen-bond donors (Lipinski definition) is 2. The third-order valence-electron chi connectivity index (χ3n) is 5.41. The fourth-order valence-corrected chi connectivity index (χ4v) is 5.41. The number of amidine groups is 2. The second kappa shape index (κ2) is 10.7. The summed E-state index contributed by atoms with van der Waals surface area (Å²) >= 11 is 8.67. The number of rotatable bonds is 7. The van der Waals surface area contributed by atoms with Crippen LogP contribution in [0.2, 0.25) is 5.02 Å². The topological polar surface area (TPSA) is 103 Å². The Balaban J connectivity index is 1.29. The molecule has 2 N–H and O–H groups in total. The largest absolute Gasteiger partial charge is 0.351 e. The van der Waals surface area contributed by atoms with Crippen molar-refractivity contribution in [3.8, 4) is 0 Å². The molecule has 0 fully saturated rings. The summed E-state index contributed by atoms with van der Waals surface area (Å²) in [4.78, 5) is 50.1. The number of carbonyl (C=O) groups excluding carboxylic acids is 3. The number of nitrogens with zero attached hydrogens (tertiary/aromatic N) is 3. The lowest BCUT2D eigenvalue weighted by atomic mass is 10.1. The van der Waals surface area contributed by atoms with E-state index in [0.717, 1.165) is 16.6 Å². The molecule has 3 amide bonds. The van der Waals surface area contributed by atoms with Crippen LogP contribution in [0.1, 0.15) is 16.9 Å². The Morgan fingerprint density at radius 3 is 2.75 bits per heavy atom. The van der Waals surface area contributed by atoms with Crippen LogP contribution in [0, 0.1) is 0 Å². The Morgan fingerprint density at radius 2 is 1.94 bits per heavy atom. The number of amides is 3. The number of thioether (sulfide) groups is 1. The third-order valence-corrected chi connectivity index (χ3v) is 7.46. The number of para-hydroxylation sites is 1. The van der Waals surface area contributed by atoms with Gasteiger partial charge in [0.25, 0.3) is 5.91 Å². The molecule has 1 aromatic heterocycles. The van der Waals surface area contributed by atoms with Crippen LogP contribution < -0.4 is 10.6 Å². The van der Waals surface area contributed by atoms with E-state index in [1.807, 2.05) is 41.8 Å². The zero-order valence-electron chi connectivity index (χ0n) is 18.8. The number of carbonyl (C=O) groups is 3. The van der Waals surface area contributed by atoms with Gasteiger partial charge in [-0.2, -0.15) is 0 Å². The first kappa shape index (κ1) is 24.2. The highest BCUT2D eigenvalue weighted by Gasteiger charge is 2.42. The smallest absolute Gasteiger partial charge is 0.259 e. The minimum atomic E-state index is -0.861. The number of aliphatic imine (C=N–C) groups is 2. The lowest BCUT2D eigenvalue weighted by Gasteiger charge is -2.25. The maximum absolute atomic E-state index is 13.3. The molecule has 3 heterocycles. The fourth-order valence-electron chi connectivity index (χ4n) is 3.77. The van der Waals surface area contributed by atoms with Crippen LogP contribution >= 0.6 is 34.7 Å². The number of benzene rings is 2. The van der Waals surface area contributed by atoms with Crippen molar-refractivity contribution in [2.45, 2.75) is 19.0 Å². The Labute approximate surface area is 220 Å². The van der Waals surface area contributed by atoms with Crippen LogP contribution in [0.25, 0.3) is 0 Å². The molecule has 2 aliphatic heterocycles. The summed E-state index contributed by atoms with van der Waals surface area (Å²) in [5, 5.41) is 8.44. The summed E-state index contributed by atoms with van der Waals surface area (Å²) in [5.41, 5.74) is 1.94. The van der Waals surface area contributed by atoms with Gasteiger partial charge in [0.05, 0.1) is 24.4 Å². The molecule has 0 bridgehead atoms. The van der Waals surface area contributed by atoms with Crippen molar-refractivity contribution < 1.29 is 14.4 Å². The number of fused-ring (bicyclic) bond motifs is 3. The molecule has 11 heteroatoms. The van der Waals surface area contributed by atoms with E-state index in [1.54, 1.807) is 35.6 Å². The monoisotopic (exact) mass is 537 g/mol. The third kappa shape index (κ3) is 5.35. The van der Waals surface area contributed by atoms with Gasteiger partial charge < -0.3 is 10.6 Å². The number of thiophene rings is 1. The van der Waals surface area contributed by atoms with Crippen molar-refractivity contribution in [1.29, 1.82) is 0 Å². The Bertz CT molecular complexity index is 1390. The summed E-state index contributed by atoms with van der Waals surface area (Å²) in [5.74, 6) is -0.396. The molecule has 0 aliphatic carbocycles. The van der Waals surface area contributed by atoms with E-state index in [9.17, 15) is 14.4 Å². The van der Waals surface area contributed by atoms with Crippen molar-refractivity contribution >= 4 is 74.8 Å². The second-order valence-corrected chi connectivity index (χ2v) is 10.4. The van der Waals surface area contributed by atoms with Crippen LogP contribution in [0.5, 0.6) is 0 Å². The minimum absolute atomic E-state index is 0.0243. The van der Waals surface area contributed by atoms with Crippen LogP contribution in [0.3, 0.4) is 0 Å². The number of nitrogens with one attached hydrogen (secondary N) is 2. The van der Waals surface area contributed by atoms with Crippen LogP contribution in [-0.4, -0.2) is 45.4 Å². The summed E-state index contributed by atoms with van der Waals surface area (Å²) in [6.45, 7) is 0.408. The highest BCUT2D eigenvalue weighted by molar-refractivity contribution is 8.14. The van der Waals surface area contributed by atoms with Crippen LogP contribution in [0.15, 0.2) is 76.0 Å². The Kier molecular flexibility index (Phi) is 7.17. The van der Waals surface area contributed by atoms with Gasteiger partial charge in [0, 0.05) is 21.2 Å². The first-order valence-electron chi connectivity index (χ1n) is 11.0. The summed E-state index contributed by atoms with van der Waals surface area (Å²) in [6, 6.07) is 17.2. The first-order chi connectivity index (χ1) is 17.5. The molecule has 0 saturated carbocycles. The molecule has 3 aromatic rings. The lowest BCUT2D eigenvalue weighted by Crippen LogP contribution is -2.42.